The maximum absolute atomic E-state index is 12.5. The van der Waals surface area contributed by atoms with E-state index in [4.69, 9.17) is 4.74 Å². The van der Waals surface area contributed by atoms with Crippen LogP contribution in [0.25, 0.3) is 0 Å². The van der Waals surface area contributed by atoms with Crippen LogP contribution >= 0.6 is 0 Å². The topological polar surface area (TPSA) is 75.6 Å². The molecule has 2 aromatic rings. The lowest BCUT2D eigenvalue weighted by Crippen LogP contribution is -2.26. The number of methoxy groups -OCH3 is 1. The number of aryl methyl sites for hydroxylation is 3. The monoisotopic (exact) mass is 349 g/mol. The van der Waals surface area contributed by atoms with E-state index < -0.39 is 10.0 Å². The summed E-state index contributed by atoms with van der Waals surface area (Å²) >= 11 is 0. The van der Waals surface area contributed by atoms with Crippen molar-refractivity contribution in [2.75, 3.05) is 13.7 Å². The molecule has 2 N–H and O–H groups in total. The van der Waals surface area contributed by atoms with Gasteiger partial charge in [-0.25, -0.2) is 13.1 Å². The van der Waals surface area contributed by atoms with E-state index in [0.29, 0.717) is 34.7 Å². The number of sulfonamides is 1. The quantitative estimate of drug-likeness (QED) is 0.754. The van der Waals surface area contributed by atoms with Crippen LogP contribution in [0.1, 0.15) is 23.1 Å². The molecule has 0 unspecified atom stereocenters. The van der Waals surface area contributed by atoms with Gasteiger partial charge in [0, 0.05) is 6.54 Å². The van der Waals surface area contributed by atoms with Crippen LogP contribution in [0, 0.1) is 13.8 Å². The maximum Gasteiger partial charge on any atom is 0.241 e. The fourth-order valence-electron chi connectivity index (χ4n) is 2.69. The Bertz CT molecular complexity index is 775. The Morgan fingerprint density at radius 3 is 2.21 bits per heavy atom. The first-order valence-electron chi connectivity index (χ1n) is 7.76. The number of nitrogens with one attached hydrogen (secondary N) is 1. The molecule has 0 spiro atoms. The number of phenolic OH excluding ortho intramolecular Hbond substituents is 1. The van der Waals surface area contributed by atoms with Gasteiger partial charge in [0.05, 0.1) is 12.0 Å². The Hall–Kier alpha value is -2.05. The first-order valence-corrected chi connectivity index (χ1v) is 9.24. The average molecular weight is 349 g/mol. The zero-order valence-electron chi connectivity index (χ0n) is 14.2. The Kier molecular flexibility index (Phi) is 5.85. The lowest BCUT2D eigenvalue weighted by Gasteiger charge is -2.13. The van der Waals surface area contributed by atoms with Gasteiger partial charge in [-0.2, -0.15) is 0 Å². The molecule has 0 aliphatic rings. The minimum absolute atomic E-state index is 0.227. The summed E-state index contributed by atoms with van der Waals surface area (Å²) in [6.45, 7) is 3.88. The Morgan fingerprint density at radius 1 is 1.08 bits per heavy atom. The van der Waals surface area contributed by atoms with Crippen LogP contribution in [0.4, 0.5) is 0 Å². The van der Waals surface area contributed by atoms with Gasteiger partial charge in [-0.1, -0.05) is 12.1 Å². The first-order chi connectivity index (χ1) is 11.3. The van der Waals surface area contributed by atoms with E-state index in [1.54, 1.807) is 45.2 Å². The molecule has 0 saturated carbocycles. The van der Waals surface area contributed by atoms with Gasteiger partial charge in [0.15, 0.2) is 0 Å². The SMILES string of the molecule is COc1cc(C)c(S(=O)(=O)NCCCc2ccc(O)cc2)c(C)c1. The van der Waals surface area contributed by atoms with E-state index in [9.17, 15) is 13.5 Å². The summed E-state index contributed by atoms with van der Waals surface area (Å²) in [5.41, 5.74) is 2.39. The summed E-state index contributed by atoms with van der Waals surface area (Å²) in [5, 5.41) is 9.25. The number of benzene rings is 2. The van der Waals surface area contributed by atoms with Crippen molar-refractivity contribution in [3.63, 3.8) is 0 Å². The minimum Gasteiger partial charge on any atom is -0.508 e. The fraction of sp³-hybridized carbons (Fsp3) is 0.333. The average Bonchev–Trinajstić information content (AvgIpc) is 2.52. The van der Waals surface area contributed by atoms with Crippen LogP contribution in [0.3, 0.4) is 0 Å². The van der Waals surface area contributed by atoms with Crippen molar-refractivity contribution in [2.45, 2.75) is 31.6 Å². The van der Waals surface area contributed by atoms with Gasteiger partial charge in [0.2, 0.25) is 10.0 Å². The molecule has 0 amide bonds. The third-order valence-corrected chi connectivity index (χ3v) is 5.57. The molecule has 2 rings (SSSR count). The van der Waals surface area contributed by atoms with E-state index in [1.165, 1.54) is 0 Å². The van der Waals surface area contributed by atoms with E-state index in [2.05, 4.69) is 4.72 Å². The molecule has 0 saturated heterocycles. The fourth-order valence-corrected chi connectivity index (χ4v) is 4.21. The summed E-state index contributed by atoms with van der Waals surface area (Å²) in [4.78, 5) is 0.313. The lowest BCUT2D eigenvalue weighted by molar-refractivity contribution is 0.413. The van der Waals surface area contributed by atoms with Gasteiger partial charge in [0.1, 0.15) is 11.5 Å². The van der Waals surface area contributed by atoms with Crippen molar-refractivity contribution in [1.82, 2.24) is 4.72 Å². The van der Waals surface area contributed by atoms with Crippen LogP contribution in [-0.4, -0.2) is 27.2 Å². The van der Waals surface area contributed by atoms with Crippen LogP contribution < -0.4 is 9.46 Å². The molecule has 130 valence electrons. The first kappa shape index (κ1) is 18.3. The molecule has 5 nitrogen and oxygen atoms in total. The van der Waals surface area contributed by atoms with Crippen molar-refractivity contribution in [2.24, 2.45) is 0 Å². The lowest BCUT2D eigenvalue weighted by atomic mass is 10.1. The molecule has 24 heavy (non-hydrogen) atoms. The van der Waals surface area contributed by atoms with E-state index in [-0.39, 0.29) is 5.75 Å². The highest BCUT2D eigenvalue weighted by atomic mass is 32.2. The predicted molar refractivity (Wildman–Crippen MR) is 94.1 cm³/mol. The normalized spacial score (nSPS) is 11.5. The van der Waals surface area contributed by atoms with Gasteiger partial charge in [-0.3, -0.25) is 0 Å². The van der Waals surface area contributed by atoms with Gasteiger partial charge < -0.3 is 9.84 Å². The predicted octanol–water partition coefficient (Wildman–Crippen LogP) is 2.93. The zero-order chi connectivity index (χ0) is 17.7. The van der Waals surface area contributed by atoms with E-state index in [1.807, 2.05) is 12.1 Å². The molecule has 0 bridgehead atoms. The summed E-state index contributed by atoms with van der Waals surface area (Å²) in [6, 6.07) is 10.4. The molecule has 6 heteroatoms. The number of ether oxygens (including phenoxy) is 1. The highest BCUT2D eigenvalue weighted by molar-refractivity contribution is 7.89. The largest absolute Gasteiger partial charge is 0.508 e. The van der Waals surface area contributed by atoms with Crippen molar-refractivity contribution in [1.29, 1.82) is 0 Å². The van der Waals surface area contributed by atoms with E-state index in [0.717, 1.165) is 12.0 Å². The summed E-state index contributed by atoms with van der Waals surface area (Å²) < 4.78 is 32.9. The molecule has 0 aromatic heterocycles. The number of phenols is 1. The highest BCUT2D eigenvalue weighted by Crippen LogP contribution is 2.25. The van der Waals surface area contributed by atoms with Gasteiger partial charge in [-0.05, 0) is 67.6 Å². The van der Waals surface area contributed by atoms with Gasteiger partial charge in [-0.15, -0.1) is 0 Å². The number of rotatable bonds is 7. The molecule has 0 aliphatic heterocycles. The molecule has 0 heterocycles. The summed E-state index contributed by atoms with van der Waals surface area (Å²) in [7, 11) is -1.99. The van der Waals surface area contributed by atoms with Crippen LogP contribution in [0.2, 0.25) is 0 Å². The second kappa shape index (κ2) is 7.68. The van der Waals surface area contributed by atoms with E-state index >= 15 is 0 Å². The molecule has 0 fully saturated rings. The molecule has 0 atom stereocenters. The zero-order valence-corrected chi connectivity index (χ0v) is 15.0. The van der Waals surface area contributed by atoms with Crippen LogP contribution in [0.15, 0.2) is 41.3 Å². The number of aromatic hydroxyl groups is 1. The molecule has 2 aromatic carbocycles. The van der Waals surface area contributed by atoms with Crippen molar-refractivity contribution >= 4 is 10.0 Å². The second-order valence-corrected chi connectivity index (χ2v) is 7.46. The molecular formula is C18H23NO4S. The number of hydrogen-bond acceptors (Lipinski definition) is 4. The van der Waals surface area contributed by atoms with Crippen LogP contribution in [0.5, 0.6) is 11.5 Å². The Labute approximate surface area is 143 Å². The smallest absolute Gasteiger partial charge is 0.241 e. The third kappa shape index (κ3) is 4.49. The Balaban J connectivity index is 2.00. The summed E-state index contributed by atoms with van der Waals surface area (Å²) in [6.07, 6.45) is 1.42. The molecule has 0 aliphatic carbocycles. The van der Waals surface area contributed by atoms with Crippen molar-refractivity contribution < 1.29 is 18.3 Å². The van der Waals surface area contributed by atoms with Gasteiger partial charge >= 0.3 is 0 Å². The minimum atomic E-state index is -3.55. The molecular weight excluding hydrogens is 326 g/mol. The maximum atomic E-state index is 12.5. The third-order valence-electron chi connectivity index (χ3n) is 3.81. The van der Waals surface area contributed by atoms with Crippen molar-refractivity contribution in [3.8, 4) is 11.5 Å². The standard InChI is InChI=1S/C18H23NO4S/c1-13-11-17(23-3)12-14(2)18(13)24(21,22)19-10-4-5-15-6-8-16(20)9-7-15/h6-9,11-12,19-20H,4-5,10H2,1-3H3. The summed E-state index contributed by atoms with van der Waals surface area (Å²) in [5.74, 6) is 0.876. The number of hydrogen-bond donors (Lipinski definition) is 2. The van der Waals surface area contributed by atoms with Crippen molar-refractivity contribution in [3.05, 3.63) is 53.1 Å². The molecule has 0 radical (unpaired) electrons. The highest BCUT2D eigenvalue weighted by Gasteiger charge is 2.19. The van der Waals surface area contributed by atoms with Crippen LogP contribution in [-0.2, 0) is 16.4 Å². The van der Waals surface area contributed by atoms with Gasteiger partial charge in [0.25, 0.3) is 0 Å². The Morgan fingerprint density at radius 2 is 1.67 bits per heavy atom. The second-order valence-electron chi connectivity index (χ2n) is 5.76.